The number of aryl methyl sites for hydroxylation is 1. The first-order valence-corrected chi connectivity index (χ1v) is 8.01. The van der Waals surface area contributed by atoms with Crippen LogP contribution in [0.15, 0.2) is 18.2 Å². The molecule has 2 rings (SSSR count). The lowest BCUT2D eigenvalue weighted by atomic mass is 10.1. The molecule has 6 nitrogen and oxygen atoms in total. The van der Waals surface area contributed by atoms with Crippen molar-refractivity contribution in [1.29, 1.82) is 0 Å². The molecule has 0 aliphatic heterocycles. The van der Waals surface area contributed by atoms with E-state index in [4.69, 9.17) is 10.4 Å². The van der Waals surface area contributed by atoms with Crippen LogP contribution in [0.1, 0.15) is 21.7 Å². The van der Waals surface area contributed by atoms with Gasteiger partial charge >= 0.3 is 12.4 Å². The summed E-state index contributed by atoms with van der Waals surface area (Å²) < 4.78 is 77.3. The number of benzene rings is 1. The average Bonchev–Trinajstić information content (AvgIpc) is 2.84. The zero-order valence-corrected chi connectivity index (χ0v) is 14.3. The van der Waals surface area contributed by atoms with Crippen molar-refractivity contribution in [3.05, 3.63) is 39.9 Å². The summed E-state index contributed by atoms with van der Waals surface area (Å²) in [7, 11) is 0. The molecule has 0 saturated carbocycles. The number of aromatic nitrogens is 1. The van der Waals surface area contributed by atoms with E-state index in [1.807, 2.05) is 0 Å². The van der Waals surface area contributed by atoms with E-state index in [0.29, 0.717) is 22.7 Å². The molecule has 13 heteroatoms. The highest BCUT2D eigenvalue weighted by atomic mass is 32.1. The topological polar surface area (TPSA) is 77.9 Å². The molecule has 3 N–H and O–H groups in total. The number of alkyl halides is 6. The maximum absolute atomic E-state index is 12.9. The van der Waals surface area contributed by atoms with Crippen LogP contribution in [0.2, 0.25) is 0 Å². The third-order valence-corrected chi connectivity index (χ3v) is 4.40. The number of rotatable bonds is 6. The SMILES string of the molecule is Cc1nc(Nc2cc(C(F)(F)F)cc(C(F)(F)F)c2)sc1CCON(O)O. The van der Waals surface area contributed by atoms with Crippen molar-refractivity contribution in [2.24, 2.45) is 0 Å². The Morgan fingerprint density at radius 3 is 2.11 bits per heavy atom. The van der Waals surface area contributed by atoms with Gasteiger partial charge in [-0.1, -0.05) is 0 Å². The lowest BCUT2D eigenvalue weighted by Gasteiger charge is -2.14. The summed E-state index contributed by atoms with van der Waals surface area (Å²) in [5.41, 5.74) is -2.82. The van der Waals surface area contributed by atoms with Crippen LogP contribution >= 0.6 is 11.3 Å². The molecule has 0 fully saturated rings. The fourth-order valence-corrected chi connectivity index (χ4v) is 3.05. The van der Waals surface area contributed by atoms with Gasteiger partial charge in [0.05, 0.1) is 28.8 Å². The van der Waals surface area contributed by atoms with Crippen molar-refractivity contribution in [2.75, 3.05) is 11.9 Å². The van der Waals surface area contributed by atoms with Gasteiger partial charge < -0.3 is 5.32 Å². The van der Waals surface area contributed by atoms with Gasteiger partial charge in [-0.15, -0.1) is 11.3 Å². The van der Waals surface area contributed by atoms with Gasteiger partial charge in [-0.2, -0.15) is 26.3 Å². The van der Waals surface area contributed by atoms with Gasteiger partial charge in [-0.05, 0) is 25.1 Å². The average molecular weight is 417 g/mol. The number of halogens is 6. The molecule has 0 aliphatic rings. The minimum Gasteiger partial charge on any atom is -0.332 e. The predicted molar refractivity (Wildman–Crippen MR) is 81.6 cm³/mol. The van der Waals surface area contributed by atoms with E-state index in [9.17, 15) is 26.3 Å². The number of hydrogen-bond donors (Lipinski definition) is 3. The Morgan fingerprint density at radius 1 is 1.07 bits per heavy atom. The minimum absolute atomic E-state index is 0.0383. The van der Waals surface area contributed by atoms with Crippen LogP contribution in [0, 0.1) is 6.92 Å². The van der Waals surface area contributed by atoms with Gasteiger partial charge in [0, 0.05) is 17.0 Å². The number of nitrogens with one attached hydrogen (secondary N) is 1. The molecule has 1 aromatic carbocycles. The molecule has 0 spiro atoms. The van der Waals surface area contributed by atoms with Crippen molar-refractivity contribution in [3.8, 4) is 0 Å². The highest BCUT2D eigenvalue weighted by molar-refractivity contribution is 7.15. The summed E-state index contributed by atoms with van der Waals surface area (Å²) in [6.07, 6.45) is -9.70. The Hall–Kier alpha value is -1.93. The summed E-state index contributed by atoms with van der Waals surface area (Å²) >= 11 is 0.986. The van der Waals surface area contributed by atoms with Crippen LogP contribution in [-0.2, 0) is 23.6 Å². The monoisotopic (exact) mass is 417 g/mol. The Morgan fingerprint density at radius 2 is 1.63 bits per heavy atom. The first-order valence-electron chi connectivity index (χ1n) is 7.20. The van der Waals surface area contributed by atoms with Crippen molar-refractivity contribution in [1.82, 2.24) is 10.4 Å². The van der Waals surface area contributed by atoms with Crippen LogP contribution in [-0.4, -0.2) is 27.4 Å². The smallest absolute Gasteiger partial charge is 0.332 e. The highest BCUT2D eigenvalue weighted by Crippen LogP contribution is 2.38. The zero-order valence-electron chi connectivity index (χ0n) is 13.5. The number of nitrogens with zero attached hydrogens (tertiary/aromatic N) is 2. The van der Waals surface area contributed by atoms with Crippen LogP contribution in [0.5, 0.6) is 0 Å². The lowest BCUT2D eigenvalue weighted by molar-refractivity contribution is -0.492. The molecular formula is C14H13F6N3O3S. The van der Waals surface area contributed by atoms with Crippen molar-refractivity contribution in [2.45, 2.75) is 25.7 Å². The van der Waals surface area contributed by atoms with E-state index in [0.717, 1.165) is 11.3 Å². The fraction of sp³-hybridized carbons (Fsp3) is 0.357. The van der Waals surface area contributed by atoms with Crippen molar-refractivity contribution >= 4 is 22.2 Å². The normalized spacial score (nSPS) is 12.7. The van der Waals surface area contributed by atoms with Gasteiger partial charge in [-0.25, -0.2) is 4.98 Å². The molecule has 1 aromatic heterocycles. The molecule has 0 radical (unpaired) electrons. The quantitative estimate of drug-likeness (QED) is 0.464. The molecule has 2 aromatic rings. The maximum atomic E-state index is 12.9. The standard InChI is InChI=1S/C14H13F6N3O3S/c1-7-11(2-3-26-23(24)25)27-12(21-7)22-10-5-8(13(15,16)17)4-9(6-10)14(18,19)20/h4-6,24-25H,2-3H2,1H3,(H,21,22). The van der Waals surface area contributed by atoms with Gasteiger partial charge in [0.2, 0.25) is 0 Å². The Labute approximate surface area is 152 Å². The molecule has 27 heavy (non-hydrogen) atoms. The largest absolute Gasteiger partial charge is 0.416 e. The Bertz CT molecular complexity index is 759. The lowest BCUT2D eigenvalue weighted by Crippen LogP contribution is -2.16. The number of thiazole rings is 1. The van der Waals surface area contributed by atoms with E-state index >= 15 is 0 Å². The van der Waals surface area contributed by atoms with Gasteiger partial charge in [-0.3, -0.25) is 15.3 Å². The van der Waals surface area contributed by atoms with Crippen LogP contribution in [0.4, 0.5) is 37.2 Å². The molecule has 0 saturated heterocycles. The first kappa shape index (κ1) is 21.4. The fourth-order valence-electron chi connectivity index (χ4n) is 2.08. The van der Waals surface area contributed by atoms with Gasteiger partial charge in [0.1, 0.15) is 0 Å². The Kier molecular flexibility index (Phi) is 6.32. The number of hydrogen-bond acceptors (Lipinski definition) is 7. The summed E-state index contributed by atoms with van der Waals surface area (Å²) in [4.78, 5) is 9.03. The van der Waals surface area contributed by atoms with Gasteiger partial charge in [0.15, 0.2) is 5.13 Å². The molecule has 0 bridgehead atoms. The van der Waals surface area contributed by atoms with E-state index in [1.54, 1.807) is 6.92 Å². The molecule has 0 unspecified atom stereocenters. The molecule has 0 atom stereocenters. The third-order valence-electron chi connectivity index (χ3n) is 3.27. The maximum Gasteiger partial charge on any atom is 0.416 e. The summed E-state index contributed by atoms with van der Waals surface area (Å²) in [6.45, 7) is 1.46. The second-order valence-corrected chi connectivity index (χ2v) is 6.37. The highest BCUT2D eigenvalue weighted by Gasteiger charge is 2.37. The van der Waals surface area contributed by atoms with Crippen LogP contribution in [0.25, 0.3) is 0 Å². The van der Waals surface area contributed by atoms with E-state index in [2.05, 4.69) is 15.1 Å². The summed E-state index contributed by atoms with van der Waals surface area (Å²) in [6, 6.07) is 1.16. The molecule has 1 heterocycles. The first-order chi connectivity index (χ1) is 12.4. The molecule has 0 amide bonds. The second kappa shape index (κ2) is 7.98. The van der Waals surface area contributed by atoms with E-state index in [-0.39, 0.29) is 24.2 Å². The van der Waals surface area contributed by atoms with Gasteiger partial charge in [0.25, 0.3) is 0 Å². The van der Waals surface area contributed by atoms with Crippen molar-refractivity contribution in [3.63, 3.8) is 0 Å². The molecular weight excluding hydrogens is 404 g/mol. The minimum atomic E-state index is -4.94. The summed E-state index contributed by atoms with van der Waals surface area (Å²) in [5.74, 6) is 0. The third kappa shape index (κ3) is 6.04. The summed E-state index contributed by atoms with van der Waals surface area (Å²) in [5, 5.41) is 18.9. The Balaban J connectivity index is 2.26. The predicted octanol–water partition coefficient (Wildman–Crippen LogP) is 4.79. The van der Waals surface area contributed by atoms with Crippen molar-refractivity contribution < 1.29 is 41.6 Å². The molecule has 0 aliphatic carbocycles. The second-order valence-electron chi connectivity index (χ2n) is 5.28. The van der Waals surface area contributed by atoms with Crippen LogP contribution in [0.3, 0.4) is 0 Å². The number of anilines is 2. The zero-order chi connectivity index (χ0) is 20.4. The van der Waals surface area contributed by atoms with E-state index < -0.39 is 34.6 Å². The van der Waals surface area contributed by atoms with Crippen LogP contribution < -0.4 is 5.32 Å². The van der Waals surface area contributed by atoms with E-state index in [1.165, 1.54) is 0 Å². The molecule has 150 valence electrons.